The molecule has 44 heavy (non-hydrogen) atoms. The second kappa shape index (κ2) is 13.2. The average molecular weight is 602 g/mol. The van der Waals surface area contributed by atoms with Gasteiger partial charge in [0, 0.05) is 26.1 Å². The zero-order valence-electron chi connectivity index (χ0n) is 26.3. The Hall–Kier alpha value is -2.96. The molecular weight excluding hydrogens is 553 g/mol. The van der Waals surface area contributed by atoms with Crippen LogP contribution in [0.3, 0.4) is 0 Å². The lowest BCUT2D eigenvalue weighted by Crippen LogP contribution is -2.51. The highest BCUT2D eigenvalue weighted by Crippen LogP contribution is 2.63. The molecule has 0 heterocycles. The number of carbonyl (C=O) groups is 1. The number of halogens is 1. The van der Waals surface area contributed by atoms with E-state index in [2.05, 4.69) is 31.2 Å². The molecule has 0 spiro atoms. The lowest BCUT2D eigenvalue weighted by molar-refractivity contribution is -0.131. The fourth-order valence-electron chi connectivity index (χ4n) is 9.12. The number of fused-ring (bicyclic) bond motifs is 6. The number of phenols is 1. The Bertz CT molecular complexity index is 1460. The third-order valence-corrected chi connectivity index (χ3v) is 11.4. The molecule has 5 nitrogen and oxygen atoms in total. The molecule has 0 bridgehead atoms. The Kier molecular flexibility index (Phi) is 9.30. The summed E-state index contributed by atoms with van der Waals surface area (Å²) in [6.45, 7) is 3.90. The van der Waals surface area contributed by atoms with Gasteiger partial charge in [-0.2, -0.15) is 0 Å². The van der Waals surface area contributed by atoms with E-state index >= 15 is 4.39 Å². The molecule has 236 valence electrons. The van der Waals surface area contributed by atoms with Crippen LogP contribution >= 0.6 is 0 Å². The topological polar surface area (TPSA) is 70.0 Å². The van der Waals surface area contributed by atoms with Crippen LogP contribution in [0.15, 0.2) is 60.7 Å². The van der Waals surface area contributed by atoms with Crippen molar-refractivity contribution in [1.82, 2.24) is 4.90 Å². The van der Waals surface area contributed by atoms with E-state index in [0.29, 0.717) is 44.4 Å². The number of benzene rings is 3. The third-order valence-electron chi connectivity index (χ3n) is 11.4. The second-order valence-electron chi connectivity index (χ2n) is 14.0. The summed E-state index contributed by atoms with van der Waals surface area (Å²) >= 11 is 0. The van der Waals surface area contributed by atoms with Crippen LogP contribution in [0.5, 0.6) is 5.75 Å². The number of aliphatic hydroxyl groups is 1. The van der Waals surface area contributed by atoms with Crippen molar-refractivity contribution < 1.29 is 24.1 Å². The Morgan fingerprint density at radius 1 is 1.02 bits per heavy atom. The largest absolute Gasteiger partial charge is 0.508 e. The first-order valence-corrected chi connectivity index (χ1v) is 16.7. The second-order valence-corrected chi connectivity index (χ2v) is 14.0. The molecule has 0 unspecified atom stereocenters. The summed E-state index contributed by atoms with van der Waals surface area (Å²) < 4.78 is 21.4. The molecule has 2 N–H and O–H groups in total. The maximum atomic E-state index is 16.0. The van der Waals surface area contributed by atoms with E-state index in [9.17, 15) is 15.0 Å². The van der Waals surface area contributed by atoms with Gasteiger partial charge in [0.2, 0.25) is 5.91 Å². The molecule has 0 saturated heterocycles. The van der Waals surface area contributed by atoms with Crippen LogP contribution in [-0.2, 0) is 22.4 Å². The van der Waals surface area contributed by atoms with E-state index in [4.69, 9.17) is 4.74 Å². The maximum Gasteiger partial charge on any atom is 0.227 e. The number of aliphatic hydroxyl groups excluding tert-OH is 1. The lowest BCUT2D eigenvalue weighted by Gasteiger charge is -2.54. The van der Waals surface area contributed by atoms with Gasteiger partial charge >= 0.3 is 0 Å². The number of amides is 1. The number of alkyl halides is 1. The molecule has 7 atom stereocenters. The van der Waals surface area contributed by atoms with Crippen LogP contribution in [0.1, 0.15) is 74.5 Å². The van der Waals surface area contributed by atoms with Crippen LogP contribution in [-0.4, -0.2) is 60.1 Å². The van der Waals surface area contributed by atoms with Crippen molar-refractivity contribution in [2.75, 3.05) is 26.8 Å². The highest BCUT2D eigenvalue weighted by Gasteiger charge is 2.59. The number of hydrogen-bond acceptors (Lipinski definition) is 4. The first-order valence-electron chi connectivity index (χ1n) is 16.7. The number of hydrogen-bond donors (Lipinski definition) is 2. The summed E-state index contributed by atoms with van der Waals surface area (Å²) in [5.41, 5.74) is 2.82. The summed E-state index contributed by atoms with van der Waals surface area (Å²) in [6, 6.07) is 20.0. The lowest BCUT2D eigenvalue weighted by atomic mass is 9.51. The van der Waals surface area contributed by atoms with Gasteiger partial charge in [0.1, 0.15) is 11.9 Å². The van der Waals surface area contributed by atoms with E-state index in [0.717, 1.165) is 67.0 Å². The average Bonchev–Trinajstić information content (AvgIpc) is 3.30. The van der Waals surface area contributed by atoms with Gasteiger partial charge in [0.15, 0.2) is 0 Å². The Morgan fingerprint density at radius 2 is 1.84 bits per heavy atom. The number of rotatable bonds is 11. The first kappa shape index (κ1) is 31.0. The minimum atomic E-state index is -0.983. The van der Waals surface area contributed by atoms with Crippen LogP contribution in [0.25, 0.3) is 10.8 Å². The number of phenolic OH excluding ortho intramolecular Hbond substituents is 1. The number of nitrogens with zero attached hydrogens (tertiary/aromatic N) is 1. The Labute approximate surface area is 261 Å². The molecule has 0 radical (unpaired) electrons. The number of unbranched alkanes of at least 4 members (excludes halogenated alkanes) is 2. The standard InChI is InChI=1S/C38H48FNO4/c1-38-24-33(39)37-31-14-13-30(41)23-29(31)22-28(36(37)32(38)15-16-34(38)42)10-4-3-7-17-40(18-19-44-2)35(43)21-25-11-12-26-8-5-6-9-27(26)20-25/h5-6,8-9,11-14,20,23,28,32-34,36-37,41-42H,3-4,7,10,15-19,21-22,24H2,1-2H3/t28-,32+,33+,34+,36+,37+,38+/m1/s1. The molecule has 1 amide bonds. The van der Waals surface area contributed by atoms with Gasteiger partial charge in [0.25, 0.3) is 0 Å². The maximum absolute atomic E-state index is 16.0. The fourth-order valence-corrected chi connectivity index (χ4v) is 9.12. The minimum absolute atomic E-state index is 0.124. The van der Waals surface area contributed by atoms with Gasteiger partial charge in [-0.15, -0.1) is 0 Å². The van der Waals surface area contributed by atoms with Gasteiger partial charge in [-0.25, -0.2) is 4.39 Å². The third kappa shape index (κ3) is 6.12. The van der Waals surface area contributed by atoms with Gasteiger partial charge in [-0.05, 0) is 101 Å². The molecule has 3 aliphatic rings. The summed E-state index contributed by atoms with van der Waals surface area (Å²) in [4.78, 5) is 15.3. The van der Waals surface area contributed by atoms with Crippen LogP contribution < -0.4 is 0 Å². The monoisotopic (exact) mass is 601 g/mol. The van der Waals surface area contributed by atoms with Crippen molar-refractivity contribution in [3.05, 3.63) is 77.4 Å². The smallest absolute Gasteiger partial charge is 0.227 e. The van der Waals surface area contributed by atoms with Crippen LogP contribution in [0.4, 0.5) is 4.39 Å². The summed E-state index contributed by atoms with van der Waals surface area (Å²) in [6.07, 6.45) is 5.87. The molecule has 6 heteroatoms. The molecular formula is C38H48FNO4. The molecule has 2 saturated carbocycles. The van der Waals surface area contributed by atoms with E-state index < -0.39 is 12.3 Å². The molecule has 0 aromatic heterocycles. The molecule has 3 aromatic carbocycles. The summed E-state index contributed by atoms with van der Waals surface area (Å²) in [7, 11) is 1.67. The normalized spacial score (nSPS) is 29.2. The van der Waals surface area contributed by atoms with Crippen LogP contribution in [0.2, 0.25) is 0 Å². The predicted molar refractivity (Wildman–Crippen MR) is 172 cm³/mol. The fraction of sp³-hybridized carbons (Fsp3) is 0.553. The summed E-state index contributed by atoms with van der Waals surface area (Å²) in [5.74, 6) is 1.06. The highest BCUT2D eigenvalue weighted by molar-refractivity contribution is 5.85. The Balaban J connectivity index is 1.09. The quantitative estimate of drug-likeness (QED) is 0.228. The van der Waals surface area contributed by atoms with Gasteiger partial charge in [-0.3, -0.25) is 4.79 Å². The van der Waals surface area contributed by atoms with E-state index in [-0.39, 0.29) is 28.9 Å². The van der Waals surface area contributed by atoms with Gasteiger partial charge in [0.05, 0.1) is 19.1 Å². The SMILES string of the molecule is COCCN(CCCCC[C@@H]1Cc2cc(O)ccc2[C@@H]2[C@@H]1[C@@H]1CC[C@H](O)[C@@]1(C)C[C@@H]2F)C(=O)Cc1ccc2ccccc2c1. The Morgan fingerprint density at radius 3 is 2.66 bits per heavy atom. The van der Waals surface area contributed by atoms with Crippen molar-refractivity contribution in [1.29, 1.82) is 0 Å². The van der Waals surface area contributed by atoms with Crippen molar-refractivity contribution >= 4 is 16.7 Å². The van der Waals surface area contributed by atoms with Crippen molar-refractivity contribution in [2.45, 2.75) is 82.9 Å². The zero-order valence-corrected chi connectivity index (χ0v) is 26.3. The number of methoxy groups -OCH3 is 1. The first-order chi connectivity index (χ1) is 21.3. The van der Waals surface area contributed by atoms with Gasteiger partial charge < -0.3 is 19.8 Å². The van der Waals surface area contributed by atoms with Gasteiger partial charge in [-0.1, -0.05) is 68.3 Å². The summed E-state index contributed by atoms with van der Waals surface area (Å²) in [5, 5.41) is 23.5. The predicted octanol–water partition coefficient (Wildman–Crippen LogP) is 7.21. The van der Waals surface area contributed by atoms with E-state index in [1.165, 1.54) is 5.39 Å². The van der Waals surface area contributed by atoms with Crippen molar-refractivity contribution in [2.24, 2.45) is 23.2 Å². The minimum Gasteiger partial charge on any atom is -0.508 e. The van der Waals surface area contributed by atoms with E-state index in [1.54, 1.807) is 13.2 Å². The number of ether oxygens (including phenoxy) is 1. The number of aromatic hydroxyl groups is 1. The molecule has 3 aromatic rings. The molecule has 3 aliphatic carbocycles. The van der Waals surface area contributed by atoms with Crippen molar-refractivity contribution in [3.63, 3.8) is 0 Å². The molecule has 0 aliphatic heterocycles. The van der Waals surface area contributed by atoms with E-state index in [1.807, 2.05) is 35.2 Å². The van der Waals surface area contributed by atoms with Crippen molar-refractivity contribution in [3.8, 4) is 5.75 Å². The molecule has 6 rings (SSSR count). The zero-order chi connectivity index (χ0) is 30.8. The highest BCUT2D eigenvalue weighted by atomic mass is 19.1. The van der Waals surface area contributed by atoms with Crippen LogP contribution in [0, 0.1) is 23.2 Å². The molecule has 2 fully saturated rings. The number of carbonyl (C=O) groups excluding carboxylic acids is 1.